The molecule has 1 atom stereocenters. The lowest BCUT2D eigenvalue weighted by atomic mass is 10.0. The maximum Gasteiger partial charge on any atom is 0.305 e. The van der Waals surface area contributed by atoms with Gasteiger partial charge in [0.1, 0.15) is 5.75 Å². The van der Waals surface area contributed by atoms with Crippen LogP contribution in [0.25, 0.3) is 0 Å². The van der Waals surface area contributed by atoms with Crippen LogP contribution in [0.5, 0.6) is 5.75 Å². The number of amides is 2. The van der Waals surface area contributed by atoms with Gasteiger partial charge in [0.2, 0.25) is 5.91 Å². The van der Waals surface area contributed by atoms with Crippen molar-refractivity contribution in [2.45, 2.75) is 26.3 Å². The maximum atomic E-state index is 12.7. The second kappa shape index (κ2) is 9.55. The van der Waals surface area contributed by atoms with Crippen molar-refractivity contribution >= 4 is 23.5 Å². The highest BCUT2D eigenvalue weighted by Crippen LogP contribution is 2.21. The summed E-state index contributed by atoms with van der Waals surface area (Å²) in [6, 6.07) is 12.6. The van der Waals surface area contributed by atoms with Gasteiger partial charge < -0.3 is 20.5 Å². The fraction of sp³-hybridized carbons (Fsp3) is 0.286. The number of hydrogen-bond acceptors (Lipinski definition) is 4. The van der Waals surface area contributed by atoms with Gasteiger partial charge in [-0.1, -0.05) is 32.0 Å². The number of aliphatic carboxylic acids is 1. The molecule has 148 valence electrons. The Hall–Kier alpha value is -3.35. The van der Waals surface area contributed by atoms with Gasteiger partial charge >= 0.3 is 5.97 Å². The molecule has 0 saturated heterocycles. The summed E-state index contributed by atoms with van der Waals surface area (Å²) in [6.45, 7) is 3.55. The fourth-order valence-corrected chi connectivity index (χ4v) is 2.53. The molecule has 2 amide bonds. The third-order valence-corrected chi connectivity index (χ3v) is 4.12. The molecule has 0 aliphatic heterocycles. The van der Waals surface area contributed by atoms with Crippen LogP contribution in [0.3, 0.4) is 0 Å². The van der Waals surface area contributed by atoms with Gasteiger partial charge in [0.05, 0.1) is 19.6 Å². The number of rotatable bonds is 8. The average Bonchev–Trinajstić information content (AvgIpc) is 2.67. The Morgan fingerprint density at radius 2 is 1.75 bits per heavy atom. The highest BCUT2D eigenvalue weighted by molar-refractivity contribution is 5.97. The van der Waals surface area contributed by atoms with E-state index < -0.39 is 17.9 Å². The quantitative estimate of drug-likeness (QED) is 0.648. The van der Waals surface area contributed by atoms with E-state index in [-0.39, 0.29) is 18.2 Å². The van der Waals surface area contributed by atoms with Crippen LogP contribution >= 0.6 is 0 Å². The van der Waals surface area contributed by atoms with Crippen LogP contribution in [-0.4, -0.2) is 30.0 Å². The number of carbonyl (C=O) groups is 3. The second-order valence-electron chi connectivity index (χ2n) is 6.62. The van der Waals surface area contributed by atoms with E-state index in [1.165, 1.54) is 7.11 Å². The van der Waals surface area contributed by atoms with E-state index in [9.17, 15) is 19.5 Å². The highest BCUT2D eigenvalue weighted by Gasteiger charge is 2.19. The van der Waals surface area contributed by atoms with Crippen molar-refractivity contribution in [2.75, 3.05) is 12.4 Å². The molecular formula is C21H24N2O5. The second-order valence-corrected chi connectivity index (χ2v) is 6.62. The number of anilines is 1. The first-order chi connectivity index (χ1) is 13.3. The van der Waals surface area contributed by atoms with Crippen molar-refractivity contribution in [1.82, 2.24) is 5.32 Å². The number of carbonyl (C=O) groups excluding carboxylic acids is 2. The first kappa shape index (κ1) is 21.0. The van der Waals surface area contributed by atoms with Gasteiger partial charge in [-0.25, -0.2) is 0 Å². The lowest BCUT2D eigenvalue weighted by Gasteiger charge is -2.18. The SMILES string of the molecule is COc1ccc([C@H](CC(=O)O)NC(=O)c2cccc(NC(=O)C(C)C)c2)cc1. The van der Waals surface area contributed by atoms with Gasteiger partial charge in [0.25, 0.3) is 5.91 Å². The number of nitrogens with one attached hydrogen (secondary N) is 2. The topological polar surface area (TPSA) is 105 Å². The molecule has 0 bridgehead atoms. The van der Waals surface area contributed by atoms with Gasteiger partial charge in [-0.2, -0.15) is 0 Å². The molecule has 2 rings (SSSR count). The van der Waals surface area contributed by atoms with E-state index in [1.54, 1.807) is 62.4 Å². The van der Waals surface area contributed by atoms with Crippen LogP contribution < -0.4 is 15.4 Å². The number of methoxy groups -OCH3 is 1. The van der Waals surface area contributed by atoms with E-state index in [2.05, 4.69) is 10.6 Å². The molecule has 0 radical (unpaired) electrons. The molecule has 0 saturated carbocycles. The van der Waals surface area contributed by atoms with Crippen LogP contribution in [0.15, 0.2) is 48.5 Å². The summed E-state index contributed by atoms with van der Waals surface area (Å²) in [5, 5.41) is 14.7. The largest absolute Gasteiger partial charge is 0.497 e. The molecule has 3 N–H and O–H groups in total. The van der Waals surface area contributed by atoms with Gasteiger partial charge in [0, 0.05) is 17.2 Å². The maximum absolute atomic E-state index is 12.7. The Balaban J connectivity index is 2.18. The van der Waals surface area contributed by atoms with Crippen molar-refractivity contribution in [2.24, 2.45) is 5.92 Å². The summed E-state index contributed by atoms with van der Waals surface area (Å²) in [4.78, 5) is 35.7. The predicted octanol–water partition coefficient (Wildman–Crippen LogP) is 3.24. The zero-order valence-corrected chi connectivity index (χ0v) is 16.1. The normalized spacial score (nSPS) is 11.6. The minimum absolute atomic E-state index is 0.153. The Labute approximate surface area is 163 Å². The fourth-order valence-electron chi connectivity index (χ4n) is 2.53. The molecule has 0 aliphatic rings. The zero-order chi connectivity index (χ0) is 20.7. The Morgan fingerprint density at radius 3 is 2.32 bits per heavy atom. The number of carboxylic acid groups (broad SMARTS) is 1. The van der Waals surface area contributed by atoms with E-state index >= 15 is 0 Å². The van der Waals surface area contributed by atoms with Crippen molar-refractivity contribution in [3.8, 4) is 5.75 Å². The van der Waals surface area contributed by atoms with Crippen LogP contribution in [-0.2, 0) is 9.59 Å². The van der Waals surface area contributed by atoms with E-state index in [0.29, 0.717) is 22.6 Å². The molecular weight excluding hydrogens is 360 g/mol. The highest BCUT2D eigenvalue weighted by atomic mass is 16.5. The lowest BCUT2D eigenvalue weighted by molar-refractivity contribution is -0.137. The van der Waals surface area contributed by atoms with Crippen molar-refractivity contribution in [3.63, 3.8) is 0 Å². The molecule has 2 aromatic rings. The van der Waals surface area contributed by atoms with Gasteiger partial charge in [-0.15, -0.1) is 0 Å². The molecule has 0 aromatic heterocycles. The van der Waals surface area contributed by atoms with E-state index in [4.69, 9.17) is 4.74 Å². The predicted molar refractivity (Wildman–Crippen MR) is 105 cm³/mol. The standard InChI is InChI=1S/C21H24N2O5/c1-13(2)20(26)22-16-6-4-5-15(11-16)21(27)23-18(12-19(24)25)14-7-9-17(28-3)10-8-14/h4-11,13,18H,12H2,1-3H3,(H,22,26)(H,23,27)(H,24,25)/t18-/m0/s1. The average molecular weight is 384 g/mol. The summed E-state index contributed by atoms with van der Waals surface area (Å²) < 4.78 is 5.10. The third-order valence-electron chi connectivity index (χ3n) is 4.12. The minimum Gasteiger partial charge on any atom is -0.497 e. The molecule has 0 fully saturated rings. The number of ether oxygens (including phenoxy) is 1. The molecule has 0 heterocycles. The third kappa shape index (κ3) is 5.84. The molecule has 0 aliphatic carbocycles. The summed E-state index contributed by atoms with van der Waals surface area (Å²) in [7, 11) is 1.54. The summed E-state index contributed by atoms with van der Waals surface area (Å²) in [6.07, 6.45) is -0.262. The van der Waals surface area contributed by atoms with Gasteiger partial charge in [-0.3, -0.25) is 14.4 Å². The number of hydrogen-bond donors (Lipinski definition) is 3. The number of benzene rings is 2. The van der Waals surface area contributed by atoms with Gasteiger partial charge in [0.15, 0.2) is 0 Å². The zero-order valence-electron chi connectivity index (χ0n) is 16.1. The number of carboxylic acids is 1. The molecule has 0 unspecified atom stereocenters. The Morgan fingerprint density at radius 1 is 1.07 bits per heavy atom. The summed E-state index contributed by atoms with van der Waals surface area (Å²) in [5.41, 5.74) is 1.48. The van der Waals surface area contributed by atoms with Crippen LogP contribution in [0, 0.1) is 5.92 Å². The smallest absolute Gasteiger partial charge is 0.305 e. The summed E-state index contributed by atoms with van der Waals surface area (Å²) in [5.74, 6) is -1.16. The van der Waals surface area contributed by atoms with E-state index in [1.807, 2.05) is 0 Å². The van der Waals surface area contributed by atoms with Crippen LogP contribution in [0.4, 0.5) is 5.69 Å². The molecule has 28 heavy (non-hydrogen) atoms. The summed E-state index contributed by atoms with van der Waals surface area (Å²) >= 11 is 0. The van der Waals surface area contributed by atoms with Crippen LogP contribution in [0.1, 0.15) is 42.2 Å². The Kier molecular flexibility index (Phi) is 7.14. The molecule has 7 heteroatoms. The molecule has 2 aromatic carbocycles. The minimum atomic E-state index is -1.03. The first-order valence-corrected chi connectivity index (χ1v) is 8.87. The van der Waals surface area contributed by atoms with Gasteiger partial charge in [-0.05, 0) is 35.9 Å². The van der Waals surface area contributed by atoms with Crippen molar-refractivity contribution < 1.29 is 24.2 Å². The lowest BCUT2D eigenvalue weighted by Crippen LogP contribution is -2.30. The van der Waals surface area contributed by atoms with Crippen LogP contribution in [0.2, 0.25) is 0 Å². The molecule has 0 spiro atoms. The monoisotopic (exact) mass is 384 g/mol. The molecule has 7 nitrogen and oxygen atoms in total. The Bertz CT molecular complexity index is 846. The van der Waals surface area contributed by atoms with Crippen molar-refractivity contribution in [1.29, 1.82) is 0 Å². The first-order valence-electron chi connectivity index (χ1n) is 8.87. The van der Waals surface area contributed by atoms with Crippen molar-refractivity contribution in [3.05, 3.63) is 59.7 Å². The van der Waals surface area contributed by atoms with E-state index in [0.717, 1.165) is 0 Å².